The van der Waals surface area contributed by atoms with E-state index in [1.54, 1.807) is 6.08 Å². The Bertz CT molecular complexity index is 671. The smallest absolute Gasteiger partial charge is 0.178 e. The number of allylic oxidation sites excluding steroid dienone is 6. The van der Waals surface area contributed by atoms with Crippen molar-refractivity contribution in [3.8, 4) is 12.3 Å². The van der Waals surface area contributed by atoms with Crippen LogP contribution in [0.1, 0.15) is 46.0 Å². The maximum Gasteiger partial charge on any atom is 0.178 e. The third-order valence-corrected chi connectivity index (χ3v) is 7.29. The molecule has 4 rings (SSSR count). The summed E-state index contributed by atoms with van der Waals surface area (Å²) in [5.74, 6) is 5.23. The fourth-order valence-corrected chi connectivity index (χ4v) is 5.99. The molecule has 4 aliphatic rings. The number of hydrogen-bond donors (Lipinski definition) is 0. The zero-order valence-corrected chi connectivity index (χ0v) is 13.6. The van der Waals surface area contributed by atoms with Crippen molar-refractivity contribution in [1.82, 2.24) is 0 Å². The van der Waals surface area contributed by atoms with Gasteiger partial charge in [-0.1, -0.05) is 37.5 Å². The average Bonchev–Trinajstić information content (AvgIpc) is 2.84. The van der Waals surface area contributed by atoms with E-state index in [4.69, 9.17) is 6.42 Å². The van der Waals surface area contributed by atoms with Gasteiger partial charge in [0, 0.05) is 16.4 Å². The number of fused-ring (bicyclic) bond motifs is 5. The van der Waals surface area contributed by atoms with E-state index in [9.17, 15) is 4.79 Å². The summed E-state index contributed by atoms with van der Waals surface area (Å²) in [5, 5.41) is 0. The predicted octanol–water partition coefficient (Wildman–Crippen LogP) is 4.46. The van der Waals surface area contributed by atoms with E-state index < -0.39 is 0 Å². The van der Waals surface area contributed by atoms with Gasteiger partial charge < -0.3 is 0 Å². The Morgan fingerprint density at radius 3 is 2.86 bits per heavy atom. The second-order valence-electron chi connectivity index (χ2n) is 8.06. The first-order chi connectivity index (χ1) is 10.5. The Morgan fingerprint density at radius 1 is 1.27 bits per heavy atom. The van der Waals surface area contributed by atoms with Crippen molar-refractivity contribution in [2.45, 2.75) is 46.0 Å². The molecule has 2 fully saturated rings. The molecule has 1 heteroatoms. The molecule has 0 spiro atoms. The summed E-state index contributed by atoms with van der Waals surface area (Å²) in [6, 6.07) is 0. The molecular formula is C21H24O. The molecule has 1 nitrogen and oxygen atoms in total. The minimum atomic E-state index is 0.0943. The van der Waals surface area contributed by atoms with E-state index in [0.29, 0.717) is 11.8 Å². The first kappa shape index (κ1) is 14.1. The molecule has 2 saturated carbocycles. The minimum Gasteiger partial charge on any atom is -0.290 e. The highest BCUT2D eigenvalue weighted by atomic mass is 16.1. The lowest BCUT2D eigenvalue weighted by molar-refractivity contribution is -0.111. The summed E-state index contributed by atoms with van der Waals surface area (Å²) in [6.45, 7) is 4.74. The Hall–Kier alpha value is -1.55. The fourth-order valence-electron chi connectivity index (χ4n) is 5.99. The summed E-state index contributed by atoms with van der Waals surface area (Å²) in [5.41, 5.74) is 2.93. The topological polar surface area (TPSA) is 17.1 Å². The summed E-state index contributed by atoms with van der Waals surface area (Å²) in [4.78, 5) is 11.7. The SMILES string of the molecule is C#CC1=CCC2C3CCC4=CC(=O)C=CC4(C)C3CCC12C. The largest absolute Gasteiger partial charge is 0.290 e. The third kappa shape index (κ3) is 1.64. The molecule has 0 saturated heterocycles. The van der Waals surface area contributed by atoms with Crippen LogP contribution in [0.5, 0.6) is 0 Å². The van der Waals surface area contributed by atoms with Crippen molar-refractivity contribution in [1.29, 1.82) is 0 Å². The van der Waals surface area contributed by atoms with Gasteiger partial charge in [-0.2, -0.15) is 0 Å². The van der Waals surface area contributed by atoms with Gasteiger partial charge in [-0.25, -0.2) is 0 Å². The first-order valence-corrected chi connectivity index (χ1v) is 8.60. The molecule has 0 aliphatic heterocycles. The molecule has 0 aromatic carbocycles. The Balaban J connectivity index is 1.71. The summed E-state index contributed by atoms with van der Waals surface area (Å²) in [6.07, 6.45) is 19.9. The van der Waals surface area contributed by atoms with Crippen molar-refractivity contribution in [3.05, 3.63) is 35.5 Å². The Kier molecular flexibility index (Phi) is 2.86. The maximum atomic E-state index is 11.7. The normalized spacial score (nSPS) is 46.0. The first-order valence-electron chi connectivity index (χ1n) is 8.60. The zero-order chi connectivity index (χ0) is 15.5. The molecule has 0 amide bonds. The van der Waals surface area contributed by atoms with Crippen molar-refractivity contribution >= 4 is 5.78 Å². The van der Waals surface area contributed by atoms with Crippen LogP contribution in [-0.2, 0) is 4.79 Å². The van der Waals surface area contributed by atoms with Gasteiger partial charge in [0.05, 0.1) is 0 Å². The Morgan fingerprint density at radius 2 is 2.09 bits per heavy atom. The maximum absolute atomic E-state index is 11.7. The highest BCUT2D eigenvalue weighted by molar-refractivity contribution is 6.01. The van der Waals surface area contributed by atoms with Crippen LogP contribution >= 0.6 is 0 Å². The van der Waals surface area contributed by atoms with Crippen molar-refractivity contribution in [2.24, 2.45) is 28.6 Å². The van der Waals surface area contributed by atoms with E-state index in [1.807, 2.05) is 6.08 Å². The Labute approximate surface area is 133 Å². The number of ketones is 1. The summed E-state index contributed by atoms with van der Waals surface area (Å²) < 4.78 is 0. The van der Waals surface area contributed by atoms with Crippen molar-refractivity contribution in [2.75, 3.05) is 0 Å². The second-order valence-corrected chi connectivity index (χ2v) is 8.06. The average molecular weight is 292 g/mol. The van der Waals surface area contributed by atoms with Gasteiger partial charge in [-0.3, -0.25) is 4.79 Å². The standard InChI is InChI=1S/C21H24O/c1-4-14-6-8-18-17-7-5-15-13-16(22)9-11-21(15,3)19(17)10-12-20(14,18)2/h1,6,9,11,13,17-19H,5,7-8,10,12H2,2-3H3. The number of carbonyl (C=O) groups excluding carboxylic acids is 1. The lowest BCUT2D eigenvalue weighted by Crippen LogP contribution is -2.49. The molecule has 22 heavy (non-hydrogen) atoms. The van der Waals surface area contributed by atoms with Crippen LogP contribution in [0.2, 0.25) is 0 Å². The highest BCUT2D eigenvalue weighted by Crippen LogP contribution is 2.64. The molecule has 0 radical (unpaired) electrons. The zero-order valence-electron chi connectivity index (χ0n) is 13.6. The molecule has 0 bridgehead atoms. The van der Waals surface area contributed by atoms with Crippen LogP contribution in [0.4, 0.5) is 0 Å². The molecule has 0 heterocycles. The lowest BCUT2D eigenvalue weighted by atomic mass is 9.48. The van der Waals surface area contributed by atoms with Crippen LogP contribution in [0.15, 0.2) is 35.5 Å². The number of hydrogen-bond acceptors (Lipinski definition) is 1. The number of carbonyl (C=O) groups is 1. The van der Waals surface area contributed by atoms with Crippen LogP contribution < -0.4 is 0 Å². The van der Waals surface area contributed by atoms with Gasteiger partial charge in [-0.15, -0.1) is 6.42 Å². The molecule has 0 aromatic rings. The van der Waals surface area contributed by atoms with Gasteiger partial charge in [-0.05, 0) is 62.0 Å². The molecule has 114 valence electrons. The monoisotopic (exact) mass is 292 g/mol. The van der Waals surface area contributed by atoms with E-state index in [2.05, 4.69) is 31.9 Å². The van der Waals surface area contributed by atoms with Crippen LogP contribution in [0, 0.1) is 40.9 Å². The van der Waals surface area contributed by atoms with Crippen LogP contribution in [-0.4, -0.2) is 5.78 Å². The fraction of sp³-hybridized carbons (Fsp3) is 0.571. The quantitative estimate of drug-likeness (QED) is 0.602. The third-order valence-electron chi connectivity index (χ3n) is 7.29. The summed E-state index contributed by atoms with van der Waals surface area (Å²) in [7, 11) is 0. The molecular weight excluding hydrogens is 268 g/mol. The van der Waals surface area contributed by atoms with Crippen LogP contribution in [0.3, 0.4) is 0 Å². The van der Waals surface area contributed by atoms with Gasteiger partial charge in [0.15, 0.2) is 5.78 Å². The van der Waals surface area contributed by atoms with Crippen LogP contribution in [0.25, 0.3) is 0 Å². The molecule has 4 aliphatic carbocycles. The van der Waals surface area contributed by atoms with E-state index >= 15 is 0 Å². The number of terminal acetylenes is 1. The van der Waals surface area contributed by atoms with Gasteiger partial charge in [0.25, 0.3) is 0 Å². The lowest BCUT2D eigenvalue weighted by Gasteiger charge is -2.56. The second kappa shape index (κ2) is 4.48. The highest BCUT2D eigenvalue weighted by Gasteiger charge is 2.56. The van der Waals surface area contributed by atoms with Crippen molar-refractivity contribution < 1.29 is 4.79 Å². The molecule has 5 unspecified atom stereocenters. The molecule has 5 atom stereocenters. The summed E-state index contributed by atoms with van der Waals surface area (Å²) >= 11 is 0. The van der Waals surface area contributed by atoms with Gasteiger partial charge >= 0.3 is 0 Å². The molecule has 0 N–H and O–H groups in total. The predicted molar refractivity (Wildman–Crippen MR) is 88.9 cm³/mol. The van der Waals surface area contributed by atoms with Crippen molar-refractivity contribution in [3.63, 3.8) is 0 Å². The van der Waals surface area contributed by atoms with Gasteiger partial charge in [0.2, 0.25) is 0 Å². The number of rotatable bonds is 0. The van der Waals surface area contributed by atoms with E-state index in [0.717, 1.165) is 18.8 Å². The van der Waals surface area contributed by atoms with E-state index in [1.165, 1.54) is 30.4 Å². The van der Waals surface area contributed by atoms with E-state index in [-0.39, 0.29) is 16.6 Å². The minimum absolute atomic E-state index is 0.0943. The van der Waals surface area contributed by atoms with Gasteiger partial charge in [0.1, 0.15) is 0 Å². The molecule has 0 aromatic heterocycles.